The molecule has 0 spiro atoms. The molecule has 0 saturated carbocycles. The van der Waals surface area contributed by atoms with Crippen molar-refractivity contribution in [3.8, 4) is 17.2 Å². The Morgan fingerprint density at radius 1 is 1.00 bits per heavy atom. The van der Waals surface area contributed by atoms with Gasteiger partial charge in [0.15, 0.2) is 11.5 Å². The molecule has 0 bridgehead atoms. The minimum absolute atomic E-state index is 0.302. The van der Waals surface area contributed by atoms with Gasteiger partial charge in [-0.2, -0.15) is 5.10 Å². The van der Waals surface area contributed by atoms with Gasteiger partial charge in [0.25, 0.3) is 5.91 Å². The van der Waals surface area contributed by atoms with Gasteiger partial charge in [-0.1, -0.05) is 35.9 Å². The van der Waals surface area contributed by atoms with Gasteiger partial charge >= 0.3 is 0 Å². The fourth-order valence-corrected chi connectivity index (χ4v) is 3.50. The number of hydrogen-bond acceptors (Lipinski definition) is 4. The molecule has 166 valence electrons. The van der Waals surface area contributed by atoms with E-state index < -0.39 is 0 Å². The van der Waals surface area contributed by atoms with Gasteiger partial charge in [0.2, 0.25) is 0 Å². The van der Waals surface area contributed by atoms with Crippen molar-refractivity contribution in [1.82, 2.24) is 9.99 Å². The zero-order valence-corrected chi connectivity index (χ0v) is 18.7. The summed E-state index contributed by atoms with van der Waals surface area (Å²) in [5.41, 5.74) is 5.59. The van der Waals surface area contributed by atoms with E-state index in [1.54, 1.807) is 31.5 Å². The van der Waals surface area contributed by atoms with Gasteiger partial charge in [-0.25, -0.2) is 5.43 Å². The van der Waals surface area contributed by atoms with E-state index in [1.807, 2.05) is 77.6 Å². The number of methoxy groups -OCH3 is 1. The standard InChI is InChI=1S/C26H22ClN3O3/c1-32-25-16-19(11-12-24(25)33-18-20-7-6-8-21(27)15-20)17-28-29-26(31)22-9-2-3-10-23(22)30-13-4-5-14-30/h2-17H,18H2,1H3,(H,29,31)/b28-17-. The number of carbonyl (C=O) groups excluding carboxylic acids is 1. The number of benzene rings is 3. The molecule has 0 aliphatic heterocycles. The summed E-state index contributed by atoms with van der Waals surface area (Å²) in [5.74, 6) is 0.855. The number of halogens is 1. The van der Waals surface area contributed by atoms with Crippen LogP contribution in [-0.4, -0.2) is 23.8 Å². The minimum atomic E-state index is -0.302. The highest BCUT2D eigenvalue weighted by molar-refractivity contribution is 6.30. The molecule has 6 nitrogen and oxygen atoms in total. The lowest BCUT2D eigenvalue weighted by atomic mass is 10.1. The minimum Gasteiger partial charge on any atom is -0.493 e. The second-order valence-corrected chi connectivity index (χ2v) is 7.57. The van der Waals surface area contributed by atoms with Crippen molar-refractivity contribution >= 4 is 23.7 Å². The summed E-state index contributed by atoms with van der Waals surface area (Å²) in [6.07, 6.45) is 5.33. The molecule has 0 aliphatic rings. The largest absolute Gasteiger partial charge is 0.493 e. The molecule has 0 saturated heterocycles. The van der Waals surface area contributed by atoms with Crippen molar-refractivity contribution in [2.75, 3.05) is 7.11 Å². The fraction of sp³-hybridized carbons (Fsp3) is 0.0769. The highest BCUT2D eigenvalue weighted by Gasteiger charge is 2.11. The molecule has 0 unspecified atom stereocenters. The molecule has 0 radical (unpaired) electrons. The van der Waals surface area contributed by atoms with Gasteiger partial charge in [-0.3, -0.25) is 4.79 Å². The zero-order valence-electron chi connectivity index (χ0n) is 17.9. The molecule has 1 heterocycles. The number of hydrazone groups is 1. The molecular formula is C26H22ClN3O3. The topological polar surface area (TPSA) is 64.8 Å². The van der Waals surface area contributed by atoms with Crippen molar-refractivity contribution in [2.45, 2.75) is 6.61 Å². The Morgan fingerprint density at radius 3 is 2.61 bits per heavy atom. The van der Waals surface area contributed by atoms with Crippen LogP contribution in [0.2, 0.25) is 5.02 Å². The lowest BCUT2D eigenvalue weighted by Crippen LogP contribution is -2.19. The number of carbonyl (C=O) groups is 1. The molecule has 33 heavy (non-hydrogen) atoms. The van der Waals surface area contributed by atoms with Crippen molar-refractivity contribution in [1.29, 1.82) is 0 Å². The highest BCUT2D eigenvalue weighted by atomic mass is 35.5. The average molecular weight is 460 g/mol. The van der Waals surface area contributed by atoms with Crippen LogP contribution in [-0.2, 0) is 6.61 Å². The predicted molar refractivity (Wildman–Crippen MR) is 130 cm³/mol. The summed E-state index contributed by atoms with van der Waals surface area (Å²) in [7, 11) is 1.57. The lowest BCUT2D eigenvalue weighted by Gasteiger charge is -2.11. The van der Waals surface area contributed by atoms with Crippen molar-refractivity contribution in [2.24, 2.45) is 5.10 Å². The Bertz CT molecular complexity index is 1270. The maximum atomic E-state index is 12.7. The summed E-state index contributed by atoms with van der Waals surface area (Å²) in [5, 5.41) is 4.76. The number of rotatable bonds is 8. The average Bonchev–Trinajstić information content (AvgIpc) is 3.38. The normalized spacial score (nSPS) is 10.8. The van der Waals surface area contributed by atoms with Crippen LogP contribution in [0.1, 0.15) is 21.5 Å². The Labute approximate surface area is 197 Å². The first-order chi connectivity index (χ1) is 16.1. The SMILES string of the molecule is COc1cc(/C=N\NC(=O)c2ccccc2-n2cccc2)ccc1OCc1cccc(Cl)c1. The first-order valence-electron chi connectivity index (χ1n) is 10.2. The van der Waals surface area contributed by atoms with Crippen LogP contribution in [0.25, 0.3) is 5.69 Å². The molecule has 1 amide bonds. The van der Waals surface area contributed by atoms with E-state index in [0.717, 1.165) is 16.8 Å². The third kappa shape index (κ3) is 5.61. The van der Waals surface area contributed by atoms with Crippen LogP contribution in [0.15, 0.2) is 96.4 Å². The second kappa shape index (κ2) is 10.5. The van der Waals surface area contributed by atoms with Gasteiger partial charge in [0, 0.05) is 17.4 Å². The third-order valence-electron chi connectivity index (χ3n) is 4.88. The fourth-order valence-electron chi connectivity index (χ4n) is 3.28. The Balaban J connectivity index is 1.42. The maximum absolute atomic E-state index is 12.7. The number of nitrogens with one attached hydrogen (secondary N) is 1. The van der Waals surface area contributed by atoms with Crippen LogP contribution in [0.3, 0.4) is 0 Å². The van der Waals surface area contributed by atoms with E-state index in [-0.39, 0.29) is 5.91 Å². The summed E-state index contributed by atoms with van der Waals surface area (Å²) >= 11 is 6.02. The summed E-state index contributed by atoms with van der Waals surface area (Å²) < 4.78 is 13.2. The van der Waals surface area contributed by atoms with Gasteiger partial charge in [0.05, 0.1) is 24.6 Å². The van der Waals surface area contributed by atoms with Gasteiger partial charge in [-0.05, 0) is 65.7 Å². The molecule has 0 atom stereocenters. The van der Waals surface area contributed by atoms with Gasteiger partial charge < -0.3 is 14.0 Å². The maximum Gasteiger partial charge on any atom is 0.273 e. The molecule has 7 heteroatoms. The second-order valence-electron chi connectivity index (χ2n) is 7.14. The number of hydrogen-bond donors (Lipinski definition) is 1. The Kier molecular flexibility index (Phi) is 7.07. The first-order valence-corrected chi connectivity index (χ1v) is 10.6. The van der Waals surface area contributed by atoms with E-state index in [1.165, 1.54) is 0 Å². The van der Waals surface area contributed by atoms with Crippen molar-refractivity contribution in [3.05, 3.63) is 113 Å². The smallest absolute Gasteiger partial charge is 0.273 e. The van der Waals surface area contributed by atoms with Gasteiger partial charge in [-0.15, -0.1) is 0 Å². The molecule has 3 aromatic carbocycles. The van der Waals surface area contributed by atoms with E-state index >= 15 is 0 Å². The van der Waals surface area contributed by atoms with Gasteiger partial charge in [0.1, 0.15) is 6.61 Å². The Morgan fingerprint density at radius 2 is 1.82 bits per heavy atom. The molecule has 0 fully saturated rings. The van der Waals surface area contributed by atoms with Crippen LogP contribution in [0, 0.1) is 0 Å². The number of ether oxygens (including phenoxy) is 2. The lowest BCUT2D eigenvalue weighted by molar-refractivity contribution is 0.0955. The van der Waals surface area contributed by atoms with Crippen LogP contribution >= 0.6 is 11.6 Å². The third-order valence-corrected chi connectivity index (χ3v) is 5.12. The Hall–Kier alpha value is -4.03. The first kappa shape index (κ1) is 22.2. The molecule has 4 rings (SSSR count). The summed E-state index contributed by atoms with van der Waals surface area (Å²) in [4.78, 5) is 12.7. The molecule has 1 aromatic heterocycles. The number of para-hydroxylation sites is 1. The number of amides is 1. The monoisotopic (exact) mass is 459 g/mol. The van der Waals surface area contributed by atoms with E-state index in [2.05, 4.69) is 10.5 Å². The summed E-state index contributed by atoms with van der Waals surface area (Å²) in [6, 6.07) is 24.1. The van der Waals surface area contributed by atoms with Crippen LogP contribution in [0.4, 0.5) is 0 Å². The summed E-state index contributed by atoms with van der Waals surface area (Å²) in [6.45, 7) is 0.362. The zero-order chi connectivity index (χ0) is 23.0. The van der Waals surface area contributed by atoms with Crippen LogP contribution in [0.5, 0.6) is 11.5 Å². The molecule has 1 N–H and O–H groups in total. The number of nitrogens with zero attached hydrogens (tertiary/aromatic N) is 2. The van der Waals surface area contributed by atoms with Crippen LogP contribution < -0.4 is 14.9 Å². The molecule has 4 aromatic rings. The van der Waals surface area contributed by atoms with E-state index in [0.29, 0.717) is 28.7 Å². The molecular weight excluding hydrogens is 438 g/mol. The van der Waals surface area contributed by atoms with E-state index in [9.17, 15) is 4.79 Å². The van der Waals surface area contributed by atoms with E-state index in [4.69, 9.17) is 21.1 Å². The molecule has 0 aliphatic carbocycles. The van der Waals surface area contributed by atoms with Crippen molar-refractivity contribution < 1.29 is 14.3 Å². The van der Waals surface area contributed by atoms with Crippen molar-refractivity contribution in [3.63, 3.8) is 0 Å². The highest BCUT2D eigenvalue weighted by Crippen LogP contribution is 2.28. The predicted octanol–water partition coefficient (Wildman–Crippen LogP) is 5.48. The quantitative estimate of drug-likeness (QED) is 0.280. The number of aromatic nitrogens is 1.